The maximum Gasteiger partial charge on any atom is 0.153 e. The number of benzene rings is 1. The second kappa shape index (κ2) is 4.74. The van der Waals surface area contributed by atoms with E-state index in [1.807, 2.05) is 0 Å². The fourth-order valence-electron chi connectivity index (χ4n) is 2.25. The second-order valence-electron chi connectivity index (χ2n) is 4.32. The molecule has 1 aliphatic rings. The molecule has 0 aliphatic carbocycles. The van der Waals surface area contributed by atoms with E-state index in [0.29, 0.717) is 6.29 Å². The lowest BCUT2D eigenvalue weighted by molar-refractivity contribution is 0.111. The van der Waals surface area contributed by atoms with Gasteiger partial charge < -0.3 is 0 Å². The minimum absolute atomic E-state index is 0.156. The Hall–Kier alpha value is -1.22. The van der Waals surface area contributed by atoms with Crippen molar-refractivity contribution >= 4 is 6.29 Å². The van der Waals surface area contributed by atoms with Crippen LogP contribution in [0.15, 0.2) is 18.2 Å². The zero-order valence-electron chi connectivity index (χ0n) is 9.45. The molecular weight excluding hydrogens is 205 g/mol. The molecule has 16 heavy (non-hydrogen) atoms. The van der Waals surface area contributed by atoms with Gasteiger partial charge in [0.1, 0.15) is 5.82 Å². The molecule has 86 valence electrons. The number of likely N-dealkylation sites (tertiary alicyclic amines) is 1. The van der Waals surface area contributed by atoms with Gasteiger partial charge in [-0.05, 0) is 50.6 Å². The molecule has 2 nitrogen and oxygen atoms in total. The van der Waals surface area contributed by atoms with Crippen LogP contribution in [0, 0.1) is 5.82 Å². The summed E-state index contributed by atoms with van der Waals surface area (Å²) in [4.78, 5) is 13.0. The number of hydrogen-bond donors (Lipinski definition) is 0. The Labute approximate surface area is 95.1 Å². The number of aldehydes is 1. The van der Waals surface area contributed by atoms with Crippen LogP contribution in [-0.2, 0) is 0 Å². The Morgan fingerprint density at radius 3 is 2.69 bits per heavy atom. The van der Waals surface area contributed by atoms with E-state index in [0.717, 1.165) is 18.7 Å². The standard InChI is InChI=1S/C13H16FNO/c1-10(15-6-2-3-7-15)11-4-5-13(14)12(8-11)9-16/h4-5,8-10H,2-3,6-7H2,1H3. The molecule has 0 spiro atoms. The van der Waals surface area contributed by atoms with Crippen LogP contribution in [0.25, 0.3) is 0 Å². The fraction of sp³-hybridized carbons (Fsp3) is 0.462. The number of halogens is 1. The first-order valence-electron chi connectivity index (χ1n) is 5.71. The van der Waals surface area contributed by atoms with Crippen molar-refractivity contribution < 1.29 is 9.18 Å². The van der Waals surface area contributed by atoms with Gasteiger partial charge in [0.15, 0.2) is 6.29 Å². The number of nitrogens with zero attached hydrogens (tertiary/aromatic N) is 1. The van der Waals surface area contributed by atoms with Crippen LogP contribution in [0.3, 0.4) is 0 Å². The van der Waals surface area contributed by atoms with Crippen LogP contribution in [0.2, 0.25) is 0 Å². The van der Waals surface area contributed by atoms with Gasteiger partial charge in [0.2, 0.25) is 0 Å². The average Bonchev–Trinajstić information content (AvgIpc) is 2.82. The van der Waals surface area contributed by atoms with E-state index in [2.05, 4.69) is 11.8 Å². The molecule has 1 aromatic rings. The molecule has 1 heterocycles. The Kier molecular flexibility index (Phi) is 3.34. The van der Waals surface area contributed by atoms with Gasteiger partial charge in [0, 0.05) is 6.04 Å². The molecular formula is C13H16FNO. The van der Waals surface area contributed by atoms with Crippen molar-refractivity contribution in [3.63, 3.8) is 0 Å². The predicted octanol–water partition coefficient (Wildman–Crippen LogP) is 2.80. The molecule has 1 atom stereocenters. The van der Waals surface area contributed by atoms with Gasteiger partial charge in [-0.3, -0.25) is 9.69 Å². The summed E-state index contributed by atoms with van der Waals surface area (Å²) in [5.41, 5.74) is 1.17. The highest BCUT2D eigenvalue weighted by Crippen LogP contribution is 2.25. The Morgan fingerprint density at radius 2 is 2.06 bits per heavy atom. The van der Waals surface area contributed by atoms with E-state index in [9.17, 15) is 9.18 Å². The van der Waals surface area contributed by atoms with Gasteiger partial charge in [-0.25, -0.2) is 4.39 Å². The summed E-state index contributed by atoms with van der Waals surface area (Å²) in [5, 5.41) is 0. The third-order valence-electron chi connectivity index (χ3n) is 3.32. The summed E-state index contributed by atoms with van der Waals surface area (Å²) in [5.74, 6) is -0.438. The number of hydrogen-bond acceptors (Lipinski definition) is 2. The van der Waals surface area contributed by atoms with E-state index in [1.54, 1.807) is 12.1 Å². The van der Waals surface area contributed by atoms with Crippen molar-refractivity contribution in [2.45, 2.75) is 25.8 Å². The van der Waals surface area contributed by atoms with E-state index < -0.39 is 5.82 Å². The van der Waals surface area contributed by atoms with Crippen LogP contribution in [0.4, 0.5) is 4.39 Å². The summed E-state index contributed by atoms with van der Waals surface area (Å²) < 4.78 is 13.2. The number of carbonyl (C=O) groups is 1. The van der Waals surface area contributed by atoms with Crippen LogP contribution >= 0.6 is 0 Å². The molecule has 0 saturated carbocycles. The molecule has 1 aromatic carbocycles. The average molecular weight is 221 g/mol. The third-order valence-corrected chi connectivity index (χ3v) is 3.32. The molecule has 1 fully saturated rings. The van der Waals surface area contributed by atoms with Crippen molar-refractivity contribution in [3.05, 3.63) is 35.1 Å². The minimum Gasteiger partial charge on any atom is -0.298 e. The van der Waals surface area contributed by atoms with Crippen LogP contribution in [0.1, 0.15) is 41.7 Å². The summed E-state index contributed by atoms with van der Waals surface area (Å²) >= 11 is 0. The van der Waals surface area contributed by atoms with Crippen LogP contribution in [0.5, 0.6) is 0 Å². The Morgan fingerprint density at radius 1 is 1.38 bits per heavy atom. The summed E-state index contributed by atoms with van der Waals surface area (Å²) in [6.07, 6.45) is 3.04. The largest absolute Gasteiger partial charge is 0.298 e. The van der Waals surface area contributed by atoms with Gasteiger partial charge >= 0.3 is 0 Å². The molecule has 0 radical (unpaired) electrons. The first kappa shape index (κ1) is 11.3. The van der Waals surface area contributed by atoms with Crippen molar-refractivity contribution in [2.75, 3.05) is 13.1 Å². The highest BCUT2D eigenvalue weighted by molar-refractivity contribution is 5.75. The third kappa shape index (κ3) is 2.14. The molecule has 1 saturated heterocycles. The molecule has 1 unspecified atom stereocenters. The Balaban J connectivity index is 2.22. The maximum absolute atomic E-state index is 13.2. The smallest absolute Gasteiger partial charge is 0.153 e. The summed E-state index contributed by atoms with van der Waals surface area (Å²) in [6.45, 7) is 4.29. The van der Waals surface area contributed by atoms with E-state index in [-0.39, 0.29) is 11.6 Å². The fourth-order valence-corrected chi connectivity index (χ4v) is 2.25. The molecule has 0 N–H and O–H groups in total. The monoisotopic (exact) mass is 221 g/mol. The van der Waals surface area contributed by atoms with E-state index in [1.165, 1.54) is 18.9 Å². The molecule has 0 bridgehead atoms. The first-order chi connectivity index (χ1) is 7.72. The van der Waals surface area contributed by atoms with E-state index >= 15 is 0 Å². The number of carbonyl (C=O) groups excluding carboxylic acids is 1. The van der Waals surface area contributed by atoms with E-state index in [4.69, 9.17) is 0 Å². The molecule has 2 rings (SSSR count). The van der Waals surface area contributed by atoms with Crippen molar-refractivity contribution in [3.8, 4) is 0 Å². The second-order valence-corrected chi connectivity index (χ2v) is 4.32. The van der Waals surface area contributed by atoms with Gasteiger partial charge in [-0.2, -0.15) is 0 Å². The van der Waals surface area contributed by atoms with Gasteiger partial charge in [0.25, 0.3) is 0 Å². The lowest BCUT2D eigenvalue weighted by Crippen LogP contribution is -2.23. The Bertz CT molecular complexity index is 386. The van der Waals surface area contributed by atoms with Gasteiger partial charge in [-0.1, -0.05) is 6.07 Å². The highest BCUT2D eigenvalue weighted by atomic mass is 19.1. The number of rotatable bonds is 3. The van der Waals surface area contributed by atoms with Crippen LogP contribution < -0.4 is 0 Å². The zero-order chi connectivity index (χ0) is 11.5. The SMILES string of the molecule is CC(c1ccc(F)c(C=O)c1)N1CCCC1. The van der Waals surface area contributed by atoms with Gasteiger partial charge in [-0.15, -0.1) is 0 Å². The lowest BCUT2D eigenvalue weighted by atomic mass is 10.0. The van der Waals surface area contributed by atoms with Gasteiger partial charge in [0.05, 0.1) is 5.56 Å². The predicted molar refractivity (Wildman–Crippen MR) is 61.0 cm³/mol. The quantitative estimate of drug-likeness (QED) is 0.731. The minimum atomic E-state index is -0.438. The normalized spacial score (nSPS) is 18.6. The highest BCUT2D eigenvalue weighted by Gasteiger charge is 2.19. The molecule has 0 amide bonds. The molecule has 3 heteroatoms. The zero-order valence-corrected chi connectivity index (χ0v) is 9.45. The van der Waals surface area contributed by atoms with Crippen LogP contribution in [-0.4, -0.2) is 24.3 Å². The molecule has 1 aliphatic heterocycles. The van der Waals surface area contributed by atoms with Crippen molar-refractivity contribution in [2.24, 2.45) is 0 Å². The van der Waals surface area contributed by atoms with Crippen molar-refractivity contribution in [1.29, 1.82) is 0 Å². The first-order valence-corrected chi connectivity index (χ1v) is 5.71. The summed E-state index contributed by atoms with van der Waals surface area (Å²) in [6, 6.07) is 5.07. The lowest BCUT2D eigenvalue weighted by Gasteiger charge is -2.24. The topological polar surface area (TPSA) is 20.3 Å². The van der Waals surface area contributed by atoms with Crippen molar-refractivity contribution in [1.82, 2.24) is 4.90 Å². The molecule has 0 aromatic heterocycles. The summed E-state index contributed by atoms with van der Waals surface area (Å²) in [7, 11) is 0. The maximum atomic E-state index is 13.2.